The zero-order chi connectivity index (χ0) is 12.4. The number of ether oxygens (including phenoxy) is 1. The minimum absolute atomic E-state index is 0.299. The van der Waals surface area contributed by atoms with Crippen molar-refractivity contribution < 1.29 is 4.74 Å². The molecule has 3 heteroatoms. The zero-order valence-electron chi connectivity index (χ0n) is 10.9. The van der Waals surface area contributed by atoms with Gasteiger partial charge < -0.3 is 15.4 Å². The fourth-order valence-electron chi connectivity index (χ4n) is 2.49. The molecule has 0 aliphatic carbocycles. The van der Waals surface area contributed by atoms with Crippen LogP contribution in [0.25, 0.3) is 0 Å². The molecular weight excluding hydrogens is 212 g/mol. The Hall–Kier alpha value is -1.06. The van der Waals surface area contributed by atoms with E-state index in [-0.39, 0.29) is 0 Å². The van der Waals surface area contributed by atoms with E-state index in [4.69, 9.17) is 10.5 Å². The predicted octanol–water partition coefficient (Wildman–Crippen LogP) is 2.07. The van der Waals surface area contributed by atoms with Crippen molar-refractivity contribution in [1.29, 1.82) is 0 Å². The minimum Gasteiger partial charge on any atom is -0.372 e. The number of benzene rings is 1. The van der Waals surface area contributed by atoms with Gasteiger partial charge in [-0.3, -0.25) is 0 Å². The van der Waals surface area contributed by atoms with Gasteiger partial charge in [0.1, 0.15) is 0 Å². The second-order valence-electron chi connectivity index (χ2n) is 4.98. The summed E-state index contributed by atoms with van der Waals surface area (Å²) in [6, 6.07) is 6.53. The van der Waals surface area contributed by atoms with Crippen molar-refractivity contribution in [3.63, 3.8) is 0 Å². The molecule has 0 saturated carbocycles. The summed E-state index contributed by atoms with van der Waals surface area (Å²) in [5.74, 6) is 0. The summed E-state index contributed by atoms with van der Waals surface area (Å²) in [5, 5.41) is 0. The van der Waals surface area contributed by atoms with E-state index < -0.39 is 0 Å². The van der Waals surface area contributed by atoms with Crippen molar-refractivity contribution in [2.45, 2.75) is 39.5 Å². The van der Waals surface area contributed by atoms with Gasteiger partial charge >= 0.3 is 0 Å². The van der Waals surface area contributed by atoms with Crippen LogP contribution in [0.1, 0.15) is 25.0 Å². The third-order valence-electron chi connectivity index (χ3n) is 3.33. The second kappa shape index (κ2) is 5.07. The van der Waals surface area contributed by atoms with E-state index in [1.807, 2.05) is 0 Å². The molecular formula is C14H22N2O. The molecule has 1 aliphatic heterocycles. The third-order valence-corrected chi connectivity index (χ3v) is 3.33. The highest BCUT2D eigenvalue weighted by molar-refractivity contribution is 5.51. The number of hydrogen-bond donors (Lipinski definition) is 1. The molecule has 2 N–H and O–H groups in total. The Morgan fingerprint density at radius 2 is 1.94 bits per heavy atom. The summed E-state index contributed by atoms with van der Waals surface area (Å²) in [6.45, 7) is 8.92. The first-order chi connectivity index (χ1) is 8.10. The normalized spacial score (nSPS) is 25.1. The molecule has 17 heavy (non-hydrogen) atoms. The summed E-state index contributed by atoms with van der Waals surface area (Å²) in [6.07, 6.45) is 0.599. The Kier molecular flexibility index (Phi) is 3.69. The molecule has 1 fully saturated rings. The standard InChI is InChI=1S/C14H22N2O/c1-10-6-14(5-4-13(10)7-15)16-8-11(2)17-12(3)9-16/h4-6,11-12H,7-9,15H2,1-3H3/t11-,12+. The topological polar surface area (TPSA) is 38.5 Å². The fraction of sp³-hybridized carbons (Fsp3) is 0.571. The molecule has 3 nitrogen and oxygen atoms in total. The lowest BCUT2D eigenvalue weighted by atomic mass is 10.1. The van der Waals surface area contributed by atoms with Crippen LogP contribution in [0.15, 0.2) is 18.2 Å². The van der Waals surface area contributed by atoms with Crippen molar-refractivity contribution >= 4 is 5.69 Å². The van der Waals surface area contributed by atoms with E-state index in [1.165, 1.54) is 16.8 Å². The lowest BCUT2D eigenvalue weighted by Gasteiger charge is -2.37. The van der Waals surface area contributed by atoms with Crippen LogP contribution in [0.2, 0.25) is 0 Å². The number of hydrogen-bond acceptors (Lipinski definition) is 3. The maximum absolute atomic E-state index is 5.75. The smallest absolute Gasteiger partial charge is 0.0726 e. The number of nitrogens with zero attached hydrogens (tertiary/aromatic N) is 1. The zero-order valence-corrected chi connectivity index (χ0v) is 10.9. The first-order valence-electron chi connectivity index (χ1n) is 6.30. The summed E-state index contributed by atoms with van der Waals surface area (Å²) >= 11 is 0. The van der Waals surface area contributed by atoms with Gasteiger partial charge in [0.25, 0.3) is 0 Å². The molecule has 1 aromatic rings. The van der Waals surface area contributed by atoms with Crippen LogP contribution in [0.4, 0.5) is 5.69 Å². The van der Waals surface area contributed by atoms with Gasteiger partial charge in [0.2, 0.25) is 0 Å². The highest BCUT2D eigenvalue weighted by atomic mass is 16.5. The number of rotatable bonds is 2. The molecule has 1 aliphatic rings. The number of nitrogens with two attached hydrogens (primary N) is 1. The average Bonchev–Trinajstić information content (AvgIpc) is 2.27. The Labute approximate surface area is 104 Å². The first kappa shape index (κ1) is 12.4. The van der Waals surface area contributed by atoms with E-state index >= 15 is 0 Å². The van der Waals surface area contributed by atoms with Crippen LogP contribution in [0.3, 0.4) is 0 Å². The van der Waals surface area contributed by atoms with Gasteiger partial charge in [-0.15, -0.1) is 0 Å². The van der Waals surface area contributed by atoms with E-state index in [0.29, 0.717) is 18.8 Å². The van der Waals surface area contributed by atoms with E-state index in [1.54, 1.807) is 0 Å². The van der Waals surface area contributed by atoms with Crippen molar-refractivity contribution in [2.24, 2.45) is 5.73 Å². The number of morpholine rings is 1. The molecule has 2 atom stereocenters. The van der Waals surface area contributed by atoms with E-state index in [0.717, 1.165) is 13.1 Å². The van der Waals surface area contributed by atoms with Gasteiger partial charge in [0.05, 0.1) is 12.2 Å². The lowest BCUT2D eigenvalue weighted by Crippen LogP contribution is -2.45. The second-order valence-corrected chi connectivity index (χ2v) is 4.98. The first-order valence-corrected chi connectivity index (χ1v) is 6.30. The van der Waals surface area contributed by atoms with Crippen LogP contribution < -0.4 is 10.6 Å². The molecule has 1 saturated heterocycles. The number of aryl methyl sites for hydroxylation is 1. The Morgan fingerprint density at radius 3 is 2.47 bits per heavy atom. The Bertz CT molecular complexity index is 382. The van der Waals surface area contributed by atoms with Crippen molar-refractivity contribution in [2.75, 3.05) is 18.0 Å². The van der Waals surface area contributed by atoms with Gasteiger partial charge in [-0.2, -0.15) is 0 Å². The van der Waals surface area contributed by atoms with Gasteiger partial charge in [-0.1, -0.05) is 6.07 Å². The molecule has 1 aromatic carbocycles. The van der Waals surface area contributed by atoms with Crippen LogP contribution >= 0.6 is 0 Å². The van der Waals surface area contributed by atoms with Gasteiger partial charge in [0.15, 0.2) is 0 Å². The quantitative estimate of drug-likeness (QED) is 0.851. The monoisotopic (exact) mass is 234 g/mol. The van der Waals surface area contributed by atoms with Crippen LogP contribution in [0, 0.1) is 6.92 Å². The van der Waals surface area contributed by atoms with Gasteiger partial charge in [-0.05, 0) is 44.0 Å². The van der Waals surface area contributed by atoms with E-state index in [2.05, 4.69) is 43.9 Å². The van der Waals surface area contributed by atoms with Crippen molar-refractivity contribution in [1.82, 2.24) is 0 Å². The Morgan fingerprint density at radius 1 is 1.29 bits per heavy atom. The maximum atomic E-state index is 5.75. The molecule has 0 bridgehead atoms. The molecule has 0 aromatic heterocycles. The van der Waals surface area contributed by atoms with Crippen LogP contribution in [-0.4, -0.2) is 25.3 Å². The molecule has 1 heterocycles. The van der Waals surface area contributed by atoms with Crippen molar-refractivity contribution in [3.05, 3.63) is 29.3 Å². The van der Waals surface area contributed by atoms with Crippen LogP contribution in [0.5, 0.6) is 0 Å². The molecule has 94 valence electrons. The minimum atomic E-state index is 0.299. The van der Waals surface area contributed by atoms with Crippen LogP contribution in [-0.2, 0) is 11.3 Å². The summed E-state index contributed by atoms with van der Waals surface area (Å²) in [5.41, 5.74) is 9.47. The highest BCUT2D eigenvalue weighted by Crippen LogP contribution is 2.23. The maximum Gasteiger partial charge on any atom is 0.0726 e. The summed E-state index contributed by atoms with van der Waals surface area (Å²) < 4.78 is 5.75. The molecule has 0 amide bonds. The van der Waals surface area contributed by atoms with E-state index in [9.17, 15) is 0 Å². The molecule has 2 rings (SSSR count). The fourth-order valence-corrected chi connectivity index (χ4v) is 2.49. The largest absolute Gasteiger partial charge is 0.372 e. The summed E-state index contributed by atoms with van der Waals surface area (Å²) in [7, 11) is 0. The SMILES string of the molecule is Cc1cc(N2C[C@@H](C)O[C@@H](C)C2)ccc1CN. The summed E-state index contributed by atoms with van der Waals surface area (Å²) in [4.78, 5) is 2.39. The highest BCUT2D eigenvalue weighted by Gasteiger charge is 2.22. The van der Waals surface area contributed by atoms with Crippen molar-refractivity contribution in [3.8, 4) is 0 Å². The molecule has 0 unspecified atom stereocenters. The van der Waals surface area contributed by atoms with Gasteiger partial charge in [-0.25, -0.2) is 0 Å². The molecule has 0 spiro atoms. The predicted molar refractivity (Wildman–Crippen MR) is 71.3 cm³/mol. The molecule has 0 radical (unpaired) electrons. The number of anilines is 1. The van der Waals surface area contributed by atoms with Gasteiger partial charge in [0, 0.05) is 25.3 Å². The Balaban J connectivity index is 2.19. The lowest BCUT2D eigenvalue weighted by molar-refractivity contribution is -0.00522. The average molecular weight is 234 g/mol. The third kappa shape index (κ3) is 2.79.